The number of likely N-dealkylation sites (tertiary alicyclic amines) is 1. The average molecular weight is 600 g/mol. The number of hydrogen-bond acceptors (Lipinski definition) is 6. The molecular weight excluding hydrogens is 546 g/mol. The summed E-state index contributed by atoms with van der Waals surface area (Å²) >= 11 is 0. The van der Waals surface area contributed by atoms with E-state index in [4.69, 9.17) is 9.47 Å². The number of methoxy groups -OCH3 is 1. The van der Waals surface area contributed by atoms with Crippen molar-refractivity contribution in [2.45, 2.75) is 110 Å². The number of esters is 1. The monoisotopic (exact) mass is 599 g/mol. The molecule has 0 N–H and O–H groups in total. The van der Waals surface area contributed by atoms with Gasteiger partial charge in [0.2, 0.25) is 17.7 Å². The summed E-state index contributed by atoms with van der Waals surface area (Å²) < 4.78 is 12.2. The Labute approximate surface area is 257 Å². The van der Waals surface area contributed by atoms with Crippen LogP contribution in [0.5, 0.6) is 0 Å². The molecule has 0 bridgehead atoms. The maximum atomic E-state index is 14.3. The summed E-state index contributed by atoms with van der Waals surface area (Å²) in [7, 11) is 1.42. The average Bonchev–Trinajstić information content (AvgIpc) is 3.93. The molecule has 9 nitrogen and oxygen atoms in total. The lowest BCUT2D eigenvalue weighted by atomic mass is 9.64. The zero-order chi connectivity index (χ0) is 30.7. The fourth-order valence-electron chi connectivity index (χ4n) is 7.43. The van der Waals surface area contributed by atoms with E-state index in [-0.39, 0.29) is 66.5 Å². The van der Waals surface area contributed by atoms with E-state index in [1.54, 1.807) is 4.90 Å². The number of hydrogen-bond donors (Lipinski definition) is 0. The minimum atomic E-state index is -1.10. The van der Waals surface area contributed by atoms with Crippen LogP contribution in [0.1, 0.15) is 97.8 Å². The van der Waals surface area contributed by atoms with Crippen LogP contribution in [0.15, 0.2) is 11.8 Å². The molecule has 43 heavy (non-hydrogen) atoms. The molecule has 2 saturated heterocycles. The molecule has 9 heteroatoms. The Kier molecular flexibility index (Phi) is 10.2. The molecule has 2 aliphatic carbocycles. The first-order valence-electron chi connectivity index (χ1n) is 17.0. The minimum absolute atomic E-state index is 0.0550. The predicted molar refractivity (Wildman–Crippen MR) is 162 cm³/mol. The number of amides is 3. The van der Waals surface area contributed by atoms with Gasteiger partial charge in [-0.05, 0) is 56.4 Å². The molecule has 4 atom stereocenters. The van der Waals surface area contributed by atoms with Gasteiger partial charge >= 0.3 is 5.97 Å². The van der Waals surface area contributed by atoms with Gasteiger partial charge in [-0.25, -0.2) is 0 Å². The second-order valence-corrected chi connectivity index (χ2v) is 14.0. The molecule has 0 radical (unpaired) electrons. The Bertz CT molecular complexity index is 1070. The molecule has 5 aliphatic rings. The van der Waals surface area contributed by atoms with Gasteiger partial charge in [-0.2, -0.15) is 0 Å². The van der Waals surface area contributed by atoms with Crippen LogP contribution in [-0.2, 0) is 28.7 Å². The van der Waals surface area contributed by atoms with Crippen molar-refractivity contribution in [3.63, 3.8) is 0 Å². The fourth-order valence-corrected chi connectivity index (χ4v) is 7.43. The van der Waals surface area contributed by atoms with Crippen molar-refractivity contribution in [3.8, 4) is 0 Å². The summed E-state index contributed by atoms with van der Waals surface area (Å²) in [6.45, 7) is 9.00. The van der Waals surface area contributed by atoms with E-state index in [1.807, 2.05) is 15.9 Å². The normalized spacial score (nSPS) is 29.4. The first-order chi connectivity index (χ1) is 20.7. The molecule has 0 aromatic heterocycles. The highest BCUT2D eigenvalue weighted by molar-refractivity contribution is 5.93. The molecule has 0 aromatic rings. The molecule has 0 spiro atoms. The lowest BCUT2D eigenvalue weighted by Gasteiger charge is -2.53. The van der Waals surface area contributed by atoms with E-state index in [0.717, 1.165) is 50.6 Å². The Morgan fingerprint density at radius 1 is 0.977 bits per heavy atom. The summed E-state index contributed by atoms with van der Waals surface area (Å²) in [6, 6.07) is 0. The third-order valence-corrected chi connectivity index (χ3v) is 10.3. The van der Waals surface area contributed by atoms with Crippen LogP contribution in [-0.4, -0.2) is 90.4 Å². The lowest BCUT2D eigenvalue weighted by molar-refractivity contribution is -0.182. The van der Waals surface area contributed by atoms with Crippen molar-refractivity contribution >= 4 is 23.7 Å². The van der Waals surface area contributed by atoms with Crippen molar-refractivity contribution in [3.05, 3.63) is 11.8 Å². The van der Waals surface area contributed by atoms with Gasteiger partial charge in [0.25, 0.3) is 0 Å². The molecule has 2 saturated carbocycles. The summed E-state index contributed by atoms with van der Waals surface area (Å²) in [5.41, 5.74) is -0.353. The third-order valence-electron chi connectivity index (χ3n) is 10.3. The zero-order valence-electron chi connectivity index (χ0n) is 26.9. The number of unbranched alkanes of at least 4 members (excludes halogenated alkanes) is 5. The standard InChI is InChI=1S/C34H53N3O6/c1-5-6-7-8-9-10-15-37-28-21-27(23(2)3)43-30(24-11-12-24)34(28,33(41)42-4)22-26(32(37)40)20-29(38)35-16-18-36(19-17-35)31(39)25-13-14-25/h21,23-27,30H,5-20,22H2,1-4H3/t26-,27+,30+,34+/m0/s1. The highest BCUT2D eigenvalue weighted by Gasteiger charge is 2.63. The quantitative estimate of drug-likeness (QED) is 0.228. The molecular formula is C34H53N3O6. The molecule has 5 rings (SSSR count). The van der Waals surface area contributed by atoms with Gasteiger partial charge in [0.15, 0.2) is 0 Å². The number of carbonyl (C=O) groups excluding carboxylic acids is 4. The van der Waals surface area contributed by atoms with Crippen LogP contribution in [0.4, 0.5) is 0 Å². The van der Waals surface area contributed by atoms with Crippen molar-refractivity contribution in [1.29, 1.82) is 0 Å². The summed E-state index contributed by atoms with van der Waals surface area (Å²) in [5.74, 6) is -0.316. The maximum Gasteiger partial charge on any atom is 0.320 e. The fraction of sp³-hybridized carbons (Fsp3) is 0.824. The predicted octanol–water partition coefficient (Wildman–Crippen LogP) is 4.54. The van der Waals surface area contributed by atoms with Crippen molar-refractivity contribution in [2.75, 3.05) is 39.8 Å². The summed E-state index contributed by atoms with van der Waals surface area (Å²) in [5, 5.41) is 0. The number of nitrogens with zero attached hydrogens (tertiary/aromatic N) is 3. The topological polar surface area (TPSA) is 96.5 Å². The molecule has 3 heterocycles. The Morgan fingerprint density at radius 2 is 1.63 bits per heavy atom. The third kappa shape index (κ3) is 6.81. The Balaban J connectivity index is 1.38. The number of ether oxygens (including phenoxy) is 2. The number of piperidine rings is 1. The van der Waals surface area contributed by atoms with Crippen LogP contribution in [0.3, 0.4) is 0 Å². The van der Waals surface area contributed by atoms with Crippen LogP contribution >= 0.6 is 0 Å². The van der Waals surface area contributed by atoms with E-state index in [9.17, 15) is 19.2 Å². The molecule has 3 aliphatic heterocycles. The van der Waals surface area contributed by atoms with Gasteiger partial charge in [-0.3, -0.25) is 19.2 Å². The van der Waals surface area contributed by atoms with E-state index < -0.39 is 11.3 Å². The Hall–Kier alpha value is -2.42. The molecule has 0 unspecified atom stereocenters. The first kappa shape index (κ1) is 32.0. The lowest BCUT2D eigenvalue weighted by Crippen LogP contribution is -2.62. The number of carbonyl (C=O) groups is 4. The van der Waals surface area contributed by atoms with Crippen LogP contribution < -0.4 is 0 Å². The highest BCUT2D eigenvalue weighted by atomic mass is 16.5. The van der Waals surface area contributed by atoms with E-state index in [1.165, 1.54) is 26.4 Å². The zero-order valence-corrected chi connectivity index (χ0v) is 26.9. The highest BCUT2D eigenvalue weighted by Crippen LogP contribution is 2.56. The van der Waals surface area contributed by atoms with Crippen LogP contribution in [0, 0.1) is 29.1 Å². The molecule has 240 valence electrons. The van der Waals surface area contributed by atoms with Crippen molar-refractivity contribution in [2.24, 2.45) is 29.1 Å². The van der Waals surface area contributed by atoms with Crippen LogP contribution in [0.2, 0.25) is 0 Å². The Morgan fingerprint density at radius 3 is 2.23 bits per heavy atom. The van der Waals surface area contributed by atoms with Crippen LogP contribution in [0.25, 0.3) is 0 Å². The molecule has 0 aromatic carbocycles. The first-order valence-corrected chi connectivity index (χ1v) is 17.0. The van der Waals surface area contributed by atoms with E-state index in [0.29, 0.717) is 32.7 Å². The van der Waals surface area contributed by atoms with E-state index >= 15 is 0 Å². The largest absolute Gasteiger partial charge is 0.468 e. The maximum absolute atomic E-state index is 14.3. The second kappa shape index (κ2) is 13.7. The summed E-state index contributed by atoms with van der Waals surface area (Å²) in [4.78, 5) is 59.9. The van der Waals surface area contributed by atoms with Gasteiger partial charge in [0.05, 0.1) is 19.3 Å². The molecule has 3 amide bonds. The SMILES string of the molecule is CCCCCCCCN1C(=O)[C@@H](CC(=O)N2CCN(C(=O)C3CC3)CC2)C[C@@]2(C(=O)OC)C1=C[C@H](C(C)C)O[C@@H]2C1CC1. The minimum Gasteiger partial charge on any atom is -0.468 e. The van der Waals surface area contributed by atoms with Gasteiger partial charge in [-0.1, -0.05) is 52.9 Å². The van der Waals surface area contributed by atoms with Gasteiger partial charge in [-0.15, -0.1) is 0 Å². The van der Waals surface area contributed by atoms with E-state index in [2.05, 4.69) is 20.8 Å². The second-order valence-electron chi connectivity index (χ2n) is 14.0. The number of rotatable bonds is 13. The van der Waals surface area contributed by atoms with Gasteiger partial charge in [0, 0.05) is 56.7 Å². The summed E-state index contributed by atoms with van der Waals surface area (Å²) in [6.07, 6.45) is 12.2. The van der Waals surface area contributed by atoms with Crippen molar-refractivity contribution in [1.82, 2.24) is 14.7 Å². The number of piperazine rings is 1. The van der Waals surface area contributed by atoms with Gasteiger partial charge < -0.3 is 24.2 Å². The van der Waals surface area contributed by atoms with Crippen molar-refractivity contribution < 1.29 is 28.7 Å². The smallest absolute Gasteiger partial charge is 0.320 e. The van der Waals surface area contributed by atoms with Gasteiger partial charge in [0.1, 0.15) is 5.41 Å². The number of fused-ring (bicyclic) bond motifs is 1. The molecule has 4 fully saturated rings.